The van der Waals surface area contributed by atoms with Gasteiger partial charge in [-0.25, -0.2) is 0 Å². The Bertz CT molecular complexity index is 340. The molecule has 31 heavy (non-hydrogen) atoms. The molecule has 0 fully saturated rings. The van der Waals surface area contributed by atoms with Crippen LogP contribution in [-0.2, 0) is 4.74 Å². The van der Waals surface area contributed by atoms with Crippen LogP contribution in [0, 0.1) is 0 Å². The fourth-order valence-corrected chi connectivity index (χ4v) is 4.36. The highest BCUT2D eigenvalue weighted by atomic mass is 16.5. The van der Waals surface area contributed by atoms with Crippen LogP contribution in [-0.4, -0.2) is 56.6 Å². The molecule has 3 heteroatoms. The Balaban J connectivity index is 3.10. The van der Waals surface area contributed by atoms with Crippen molar-refractivity contribution in [2.75, 3.05) is 40.9 Å². The van der Waals surface area contributed by atoms with Crippen LogP contribution in [0.2, 0.25) is 0 Å². The average molecular weight is 443 g/mol. The second-order valence-electron chi connectivity index (χ2n) is 10.9. The van der Waals surface area contributed by atoms with Gasteiger partial charge in [0.25, 0.3) is 0 Å². The molecule has 0 aliphatic carbocycles. The fourth-order valence-electron chi connectivity index (χ4n) is 4.36. The summed E-state index contributed by atoms with van der Waals surface area (Å²) >= 11 is 0. The van der Waals surface area contributed by atoms with Crippen LogP contribution in [0.5, 0.6) is 0 Å². The minimum Gasteiger partial charge on any atom is -0.385 e. The van der Waals surface area contributed by atoms with Gasteiger partial charge in [0.2, 0.25) is 0 Å². The number of rotatable bonds is 25. The Labute approximate surface area is 196 Å². The van der Waals surface area contributed by atoms with Crippen molar-refractivity contribution in [3.05, 3.63) is 0 Å². The van der Waals surface area contributed by atoms with Crippen molar-refractivity contribution in [1.29, 1.82) is 0 Å². The number of quaternary nitrogens is 1. The largest absolute Gasteiger partial charge is 0.385 e. The Hall–Kier alpha value is -0.120. The van der Waals surface area contributed by atoms with Gasteiger partial charge in [-0.2, -0.15) is 0 Å². The first-order valence-corrected chi connectivity index (χ1v) is 14.0. The van der Waals surface area contributed by atoms with Crippen LogP contribution >= 0.6 is 0 Å². The molecule has 3 nitrogen and oxygen atoms in total. The smallest absolute Gasteiger partial charge is 0.126 e. The first-order valence-electron chi connectivity index (χ1n) is 14.0. The van der Waals surface area contributed by atoms with Crippen LogP contribution in [0.25, 0.3) is 0 Å². The molecule has 1 atom stereocenters. The molecular formula is C28H60NO2+. The fraction of sp³-hybridized carbons (Fsp3) is 1.00. The lowest BCUT2D eigenvalue weighted by Gasteiger charge is -2.26. The van der Waals surface area contributed by atoms with E-state index in [1.165, 1.54) is 122 Å². The molecule has 0 aromatic carbocycles. The lowest BCUT2D eigenvalue weighted by Crippen LogP contribution is -2.43. The Morgan fingerprint density at radius 2 is 0.871 bits per heavy atom. The molecule has 0 saturated carbocycles. The number of hydrogen-bond donors (Lipinski definition) is 1. The van der Waals surface area contributed by atoms with Gasteiger partial charge in [-0.05, 0) is 6.42 Å². The van der Waals surface area contributed by atoms with Crippen molar-refractivity contribution in [1.82, 2.24) is 0 Å². The summed E-state index contributed by atoms with van der Waals surface area (Å²) in [6, 6.07) is 0. The summed E-state index contributed by atoms with van der Waals surface area (Å²) in [5.41, 5.74) is 0. The second-order valence-corrected chi connectivity index (χ2v) is 10.9. The highest BCUT2D eigenvalue weighted by molar-refractivity contribution is 4.53. The lowest BCUT2D eigenvalue weighted by molar-refractivity contribution is -0.873. The van der Waals surface area contributed by atoms with E-state index in [9.17, 15) is 5.11 Å². The Morgan fingerprint density at radius 3 is 1.19 bits per heavy atom. The van der Waals surface area contributed by atoms with Gasteiger partial charge in [0.1, 0.15) is 12.6 Å². The standard InChI is InChI=1S/C28H60NO2/c1-5-6-7-8-9-10-11-12-13-14-15-16-17-18-19-20-21-22-23-24-25-31-27-28(30)26-29(2,3)4/h28,30H,5-27H2,1-4H3/q+1. The van der Waals surface area contributed by atoms with Crippen LogP contribution in [0.3, 0.4) is 0 Å². The number of hydrogen-bond acceptors (Lipinski definition) is 2. The molecule has 1 N–H and O–H groups in total. The SMILES string of the molecule is CCCCCCCCCCCCCCCCCCCCCCOCC(O)C[N+](C)(C)C. The van der Waals surface area contributed by atoms with Gasteiger partial charge in [-0.15, -0.1) is 0 Å². The molecule has 0 rings (SSSR count). The number of ether oxygens (including phenoxy) is 1. The summed E-state index contributed by atoms with van der Waals surface area (Å²) in [7, 11) is 6.30. The van der Waals surface area contributed by atoms with E-state index in [0.717, 1.165) is 24.1 Å². The summed E-state index contributed by atoms with van der Waals surface area (Å²) in [5.74, 6) is 0. The predicted octanol–water partition coefficient (Wildman–Crippen LogP) is 7.89. The number of aliphatic hydroxyl groups excluding tert-OH is 1. The van der Waals surface area contributed by atoms with Crippen LogP contribution in [0.4, 0.5) is 0 Å². The van der Waals surface area contributed by atoms with E-state index in [0.29, 0.717) is 6.61 Å². The maximum absolute atomic E-state index is 9.91. The monoisotopic (exact) mass is 442 g/mol. The number of unbranched alkanes of at least 4 members (excludes halogenated alkanes) is 19. The van der Waals surface area contributed by atoms with Crippen LogP contribution in [0.15, 0.2) is 0 Å². The predicted molar refractivity (Wildman–Crippen MR) is 138 cm³/mol. The summed E-state index contributed by atoms with van der Waals surface area (Å²) in [4.78, 5) is 0. The normalized spacial score (nSPS) is 13.1. The van der Waals surface area contributed by atoms with Gasteiger partial charge in [0, 0.05) is 6.61 Å². The van der Waals surface area contributed by atoms with Gasteiger partial charge in [-0.1, -0.05) is 129 Å². The quantitative estimate of drug-likeness (QED) is 0.115. The average Bonchev–Trinajstić information content (AvgIpc) is 2.70. The van der Waals surface area contributed by atoms with E-state index in [1.807, 2.05) is 0 Å². The van der Waals surface area contributed by atoms with E-state index in [4.69, 9.17) is 4.74 Å². The zero-order chi connectivity index (χ0) is 23.0. The van der Waals surface area contributed by atoms with E-state index < -0.39 is 0 Å². The molecule has 0 amide bonds. The highest BCUT2D eigenvalue weighted by Gasteiger charge is 2.15. The zero-order valence-corrected chi connectivity index (χ0v) is 22.1. The number of nitrogens with zero attached hydrogens (tertiary/aromatic N) is 1. The summed E-state index contributed by atoms with van der Waals surface area (Å²) in [5, 5.41) is 9.91. The highest BCUT2D eigenvalue weighted by Crippen LogP contribution is 2.14. The first-order chi connectivity index (χ1) is 15.0. The molecule has 0 aromatic rings. The van der Waals surface area contributed by atoms with Crippen molar-refractivity contribution in [2.24, 2.45) is 0 Å². The molecule has 0 bridgehead atoms. The van der Waals surface area contributed by atoms with Gasteiger partial charge in [0.05, 0.1) is 27.7 Å². The molecule has 188 valence electrons. The Morgan fingerprint density at radius 1 is 0.548 bits per heavy atom. The molecule has 0 saturated heterocycles. The van der Waals surface area contributed by atoms with E-state index >= 15 is 0 Å². The summed E-state index contributed by atoms with van der Waals surface area (Å²) < 4.78 is 6.40. The minimum atomic E-state index is -0.342. The van der Waals surface area contributed by atoms with E-state index in [1.54, 1.807) is 0 Å². The van der Waals surface area contributed by atoms with Crippen molar-refractivity contribution >= 4 is 0 Å². The molecule has 0 aromatic heterocycles. The molecule has 0 aliphatic heterocycles. The molecule has 0 spiro atoms. The maximum Gasteiger partial charge on any atom is 0.126 e. The van der Waals surface area contributed by atoms with Crippen molar-refractivity contribution in [3.63, 3.8) is 0 Å². The third kappa shape index (κ3) is 27.8. The third-order valence-corrected chi connectivity index (χ3v) is 6.21. The second kappa shape index (κ2) is 23.1. The Kier molecular flexibility index (Phi) is 23.0. The maximum atomic E-state index is 9.91. The molecular weight excluding hydrogens is 382 g/mol. The van der Waals surface area contributed by atoms with Crippen molar-refractivity contribution in [3.8, 4) is 0 Å². The summed E-state index contributed by atoms with van der Waals surface area (Å²) in [6.07, 6.45) is 27.9. The summed E-state index contributed by atoms with van der Waals surface area (Å²) in [6.45, 7) is 4.32. The third-order valence-electron chi connectivity index (χ3n) is 6.21. The zero-order valence-electron chi connectivity index (χ0n) is 22.1. The van der Waals surface area contributed by atoms with Crippen molar-refractivity contribution < 1.29 is 14.3 Å². The molecule has 0 aliphatic rings. The molecule has 0 radical (unpaired) electrons. The van der Waals surface area contributed by atoms with Gasteiger partial charge in [0.15, 0.2) is 0 Å². The van der Waals surface area contributed by atoms with Gasteiger partial charge < -0.3 is 14.3 Å². The van der Waals surface area contributed by atoms with Gasteiger partial charge in [-0.3, -0.25) is 0 Å². The van der Waals surface area contributed by atoms with E-state index in [2.05, 4.69) is 28.1 Å². The minimum absolute atomic E-state index is 0.342. The lowest BCUT2D eigenvalue weighted by atomic mass is 10.0. The number of likely N-dealkylation sites (N-methyl/N-ethyl adjacent to an activating group) is 1. The topological polar surface area (TPSA) is 29.5 Å². The van der Waals surface area contributed by atoms with Crippen LogP contribution < -0.4 is 0 Å². The molecule has 0 heterocycles. The van der Waals surface area contributed by atoms with Crippen molar-refractivity contribution in [2.45, 2.75) is 141 Å². The first kappa shape index (κ1) is 30.9. The number of aliphatic hydroxyl groups is 1. The molecule has 1 unspecified atom stereocenters. The van der Waals surface area contributed by atoms with E-state index in [-0.39, 0.29) is 6.10 Å². The van der Waals surface area contributed by atoms with Gasteiger partial charge >= 0.3 is 0 Å². The van der Waals surface area contributed by atoms with Crippen LogP contribution in [0.1, 0.15) is 135 Å².